The maximum Gasteiger partial charge on any atom is 0.341 e. The van der Waals surface area contributed by atoms with Crippen molar-refractivity contribution < 1.29 is 18.7 Å². The number of carbonyl (C=O) groups excluding carboxylic acids is 2. The van der Waals surface area contributed by atoms with Gasteiger partial charge in [0.05, 0.1) is 18.2 Å². The van der Waals surface area contributed by atoms with Crippen LogP contribution in [0.25, 0.3) is 11.3 Å². The fourth-order valence-electron chi connectivity index (χ4n) is 2.80. The van der Waals surface area contributed by atoms with Crippen LogP contribution in [0.2, 0.25) is 0 Å². The van der Waals surface area contributed by atoms with E-state index in [0.29, 0.717) is 27.6 Å². The number of carbonyl (C=O) groups is 2. The lowest BCUT2D eigenvalue weighted by molar-refractivity contribution is 0.0601. The van der Waals surface area contributed by atoms with Gasteiger partial charge in [0.15, 0.2) is 0 Å². The number of amides is 1. The van der Waals surface area contributed by atoms with Gasteiger partial charge in [-0.2, -0.15) is 0 Å². The monoisotopic (exact) mass is 383 g/mol. The molecule has 140 valence electrons. The minimum atomic E-state index is -0.462. The van der Waals surface area contributed by atoms with Gasteiger partial charge in [0.1, 0.15) is 16.5 Å². The molecular formula is C21H21NO4S. The number of esters is 1. The largest absolute Gasteiger partial charge is 0.465 e. The Bertz CT molecular complexity index is 1010. The van der Waals surface area contributed by atoms with Crippen molar-refractivity contribution in [1.82, 2.24) is 0 Å². The summed E-state index contributed by atoms with van der Waals surface area (Å²) in [7, 11) is 1.33. The van der Waals surface area contributed by atoms with E-state index in [1.165, 1.54) is 18.4 Å². The van der Waals surface area contributed by atoms with Crippen molar-refractivity contribution in [3.8, 4) is 11.3 Å². The topological polar surface area (TPSA) is 68.5 Å². The van der Waals surface area contributed by atoms with Crippen LogP contribution in [0.15, 0.2) is 34.7 Å². The Morgan fingerprint density at radius 2 is 1.74 bits per heavy atom. The second-order valence-corrected chi connectivity index (χ2v) is 7.60. The second kappa shape index (κ2) is 7.40. The number of methoxy groups -OCH3 is 1. The summed E-state index contributed by atoms with van der Waals surface area (Å²) in [6.45, 7) is 7.51. The van der Waals surface area contributed by atoms with Crippen LogP contribution in [0.4, 0.5) is 5.00 Å². The molecule has 1 N–H and O–H groups in total. The molecule has 5 nitrogen and oxygen atoms in total. The quantitative estimate of drug-likeness (QED) is 0.622. The number of thiophene rings is 1. The van der Waals surface area contributed by atoms with E-state index >= 15 is 0 Å². The highest BCUT2D eigenvalue weighted by molar-refractivity contribution is 7.16. The summed E-state index contributed by atoms with van der Waals surface area (Å²) in [6.07, 6.45) is 0. The van der Waals surface area contributed by atoms with E-state index < -0.39 is 5.97 Å². The SMILES string of the molecule is COC(=O)c1c(NC(=O)c2cc(-c3ccc(C)cc3)oc2C)sc(C)c1C. The fourth-order valence-corrected chi connectivity index (χ4v) is 3.84. The fraction of sp³-hybridized carbons (Fsp3) is 0.238. The summed E-state index contributed by atoms with van der Waals surface area (Å²) >= 11 is 1.35. The van der Waals surface area contributed by atoms with Gasteiger partial charge >= 0.3 is 5.97 Å². The van der Waals surface area contributed by atoms with Crippen LogP contribution in [-0.4, -0.2) is 19.0 Å². The third-order valence-electron chi connectivity index (χ3n) is 4.50. The first-order chi connectivity index (χ1) is 12.8. The van der Waals surface area contributed by atoms with Gasteiger partial charge in [0, 0.05) is 10.4 Å². The van der Waals surface area contributed by atoms with E-state index in [0.717, 1.165) is 21.6 Å². The number of hydrogen-bond donors (Lipinski definition) is 1. The van der Waals surface area contributed by atoms with Crippen molar-refractivity contribution in [3.05, 3.63) is 63.2 Å². The Balaban J connectivity index is 1.91. The summed E-state index contributed by atoms with van der Waals surface area (Å²) in [5.74, 6) is 0.370. The molecule has 0 spiro atoms. The lowest BCUT2D eigenvalue weighted by Gasteiger charge is -2.05. The third-order valence-corrected chi connectivity index (χ3v) is 5.62. The van der Waals surface area contributed by atoms with Gasteiger partial charge in [-0.05, 0) is 39.3 Å². The molecule has 6 heteroatoms. The Kier molecular flexibility index (Phi) is 5.19. The van der Waals surface area contributed by atoms with E-state index in [2.05, 4.69) is 5.32 Å². The summed E-state index contributed by atoms with van der Waals surface area (Å²) in [4.78, 5) is 25.8. The van der Waals surface area contributed by atoms with Gasteiger partial charge in [-0.3, -0.25) is 4.79 Å². The van der Waals surface area contributed by atoms with Crippen molar-refractivity contribution in [3.63, 3.8) is 0 Å². The molecule has 0 fully saturated rings. The Hall–Kier alpha value is -2.86. The number of benzene rings is 1. The molecule has 0 aliphatic carbocycles. The molecule has 27 heavy (non-hydrogen) atoms. The van der Waals surface area contributed by atoms with E-state index in [9.17, 15) is 9.59 Å². The summed E-state index contributed by atoms with van der Waals surface area (Å²) in [5, 5.41) is 3.32. The van der Waals surface area contributed by atoms with Crippen molar-refractivity contribution in [2.75, 3.05) is 12.4 Å². The lowest BCUT2D eigenvalue weighted by Crippen LogP contribution is -2.14. The first-order valence-corrected chi connectivity index (χ1v) is 9.30. The predicted octanol–water partition coefficient (Wildman–Crippen LogP) is 5.28. The average molecular weight is 383 g/mol. The summed E-state index contributed by atoms with van der Waals surface area (Å²) in [5.41, 5.74) is 3.70. The molecule has 0 radical (unpaired) electrons. The molecule has 1 amide bonds. The Morgan fingerprint density at radius 3 is 2.37 bits per heavy atom. The van der Waals surface area contributed by atoms with Crippen molar-refractivity contribution in [1.29, 1.82) is 0 Å². The molecule has 0 aliphatic heterocycles. The van der Waals surface area contributed by atoms with Crippen LogP contribution in [0.1, 0.15) is 42.5 Å². The number of aryl methyl sites for hydroxylation is 3. The first-order valence-electron chi connectivity index (χ1n) is 8.49. The van der Waals surface area contributed by atoms with Gasteiger partial charge in [0.25, 0.3) is 5.91 Å². The predicted molar refractivity (Wildman–Crippen MR) is 107 cm³/mol. The normalized spacial score (nSPS) is 10.7. The standard InChI is InChI=1S/C21H21NO4S/c1-11-6-8-15(9-7-11)17-10-16(13(3)26-17)19(23)22-20-18(21(24)25-5)12(2)14(4)27-20/h6-10H,1-5H3,(H,22,23). The van der Waals surface area contributed by atoms with Crippen LogP contribution in [0.5, 0.6) is 0 Å². The Morgan fingerprint density at radius 1 is 1.07 bits per heavy atom. The highest BCUT2D eigenvalue weighted by Gasteiger charge is 2.23. The maximum atomic E-state index is 12.8. The highest BCUT2D eigenvalue weighted by atomic mass is 32.1. The first kappa shape index (κ1) is 18.9. The molecule has 0 saturated carbocycles. The number of ether oxygens (including phenoxy) is 1. The highest BCUT2D eigenvalue weighted by Crippen LogP contribution is 2.34. The van der Waals surface area contributed by atoms with E-state index in [1.807, 2.05) is 45.0 Å². The summed E-state index contributed by atoms with van der Waals surface area (Å²) < 4.78 is 10.6. The lowest BCUT2D eigenvalue weighted by atomic mass is 10.1. The zero-order valence-electron chi connectivity index (χ0n) is 15.9. The summed E-state index contributed by atoms with van der Waals surface area (Å²) in [6, 6.07) is 9.62. The van der Waals surface area contributed by atoms with Crippen LogP contribution in [0.3, 0.4) is 0 Å². The van der Waals surface area contributed by atoms with Gasteiger partial charge in [0.2, 0.25) is 0 Å². The molecule has 0 saturated heterocycles. The molecule has 3 aromatic rings. The number of rotatable bonds is 4. The van der Waals surface area contributed by atoms with E-state index in [-0.39, 0.29) is 5.91 Å². The van der Waals surface area contributed by atoms with Crippen molar-refractivity contribution in [2.45, 2.75) is 27.7 Å². The second-order valence-electron chi connectivity index (χ2n) is 6.38. The molecule has 0 atom stereocenters. The minimum absolute atomic E-state index is 0.319. The molecule has 2 aromatic heterocycles. The maximum absolute atomic E-state index is 12.8. The van der Waals surface area contributed by atoms with Crippen molar-refractivity contribution >= 4 is 28.2 Å². The number of anilines is 1. The van der Waals surface area contributed by atoms with Crippen molar-refractivity contribution in [2.24, 2.45) is 0 Å². The zero-order chi connectivity index (χ0) is 19.7. The van der Waals surface area contributed by atoms with Gasteiger partial charge in [-0.25, -0.2) is 4.79 Å². The number of nitrogens with one attached hydrogen (secondary N) is 1. The van der Waals surface area contributed by atoms with Crippen LogP contribution < -0.4 is 5.32 Å². The number of hydrogen-bond acceptors (Lipinski definition) is 5. The molecular weight excluding hydrogens is 362 g/mol. The zero-order valence-corrected chi connectivity index (χ0v) is 16.7. The molecule has 1 aromatic carbocycles. The Labute approximate surface area is 162 Å². The molecule has 3 rings (SSSR count). The molecule has 0 aliphatic rings. The van der Waals surface area contributed by atoms with E-state index in [1.54, 1.807) is 13.0 Å². The smallest absolute Gasteiger partial charge is 0.341 e. The minimum Gasteiger partial charge on any atom is -0.465 e. The molecule has 2 heterocycles. The average Bonchev–Trinajstić information content (AvgIpc) is 3.15. The molecule has 0 unspecified atom stereocenters. The number of furan rings is 1. The van der Waals surface area contributed by atoms with Crippen LogP contribution in [-0.2, 0) is 4.74 Å². The van der Waals surface area contributed by atoms with Gasteiger partial charge in [-0.15, -0.1) is 11.3 Å². The van der Waals surface area contributed by atoms with Gasteiger partial charge in [-0.1, -0.05) is 29.8 Å². The van der Waals surface area contributed by atoms with Crippen LogP contribution in [0, 0.1) is 27.7 Å². The third kappa shape index (κ3) is 3.66. The van der Waals surface area contributed by atoms with Gasteiger partial charge < -0.3 is 14.5 Å². The molecule has 0 bridgehead atoms. The van der Waals surface area contributed by atoms with E-state index in [4.69, 9.17) is 9.15 Å². The van der Waals surface area contributed by atoms with Crippen LogP contribution >= 0.6 is 11.3 Å².